The number of hydrogen-bond donors (Lipinski definition) is 0. The highest BCUT2D eigenvalue weighted by Gasteiger charge is 2.14. The summed E-state index contributed by atoms with van der Waals surface area (Å²) in [6, 6.07) is 5.20. The highest BCUT2D eigenvalue weighted by molar-refractivity contribution is 5.87. The zero-order valence-electron chi connectivity index (χ0n) is 14.3. The van der Waals surface area contributed by atoms with Gasteiger partial charge in [-0.2, -0.15) is 5.10 Å². The number of pyridine rings is 1. The van der Waals surface area contributed by atoms with E-state index in [-0.39, 0.29) is 11.7 Å². The van der Waals surface area contributed by atoms with Crippen LogP contribution in [-0.4, -0.2) is 40.9 Å². The molecule has 128 valence electrons. The van der Waals surface area contributed by atoms with Crippen molar-refractivity contribution in [3.8, 4) is 0 Å². The average Bonchev–Trinajstić information content (AvgIpc) is 2.85. The summed E-state index contributed by atoms with van der Waals surface area (Å²) in [6.07, 6.45) is 0.903. The highest BCUT2D eigenvalue weighted by atomic mass is 16.5. The van der Waals surface area contributed by atoms with Gasteiger partial charge < -0.3 is 9.47 Å². The minimum Gasteiger partial charge on any atom is -0.469 e. The van der Waals surface area contributed by atoms with Gasteiger partial charge in [0.05, 0.1) is 32.2 Å². The summed E-state index contributed by atoms with van der Waals surface area (Å²) >= 11 is 0. The van der Waals surface area contributed by atoms with Crippen LogP contribution >= 0.6 is 0 Å². The SMILES string of the molecule is COC(=O)CCc1c(C)nn(Cc2cccc(C(=O)OC)n2)c1C. The number of rotatable bonds is 6. The van der Waals surface area contributed by atoms with Crippen LogP contribution in [0.5, 0.6) is 0 Å². The Morgan fingerprint density at radius 1 is 1.17 bits per heavy atom. The first kappa shape index (κ1) is 17.7. The highest BCUT2D eigenvalue weighted by Crippen LogP contribution is 2.16. The fourth-order valence-corrected chi connectivity index (χ4v) is 2.52. The second kappa shape index (κ2) is 7.72. The molecule has 0 N–H and O–H groups in total. The molecule has 2 aromatic heterocycles. The van der Waals surface area contributed by atoms with Crippen molar-refractivity contribution in [2.75, 3.05) is 14.2 Å². The van der Waals surface area contributed by atoms with Crippen LogP contribution < -0.4 is 0 Å². The fourth-order valence-electron chi connectivity index (χ4n) is 2.52. The molecule has 0 saturated carbocycles. The molecule has 0 aliphatic carbocycles. The Labute approximate surface area is 140 Å². The van der Waals surface area contributed by atoms with Gasteiger partial charge in [-0.1, -0.05) is 6.07 Å². The first-order chi connectivity index (χ1) is 11.5. The van der Waals surface area contributed by atoms with Gasteiger partial charge in [0.25, 0.3) is 0 Å². The Morgan fingerprint density at radius 2 is 1.92 bits per heavy atom. The van der Waals surface area contributed by atoms with E-state index in [0.717, 1.165) is 17.0 Å². The lowest BCUT2D eigenvalue weighted by Crippen LogP contribution is -2.10. The number of nitrogens with zero attached hydrogens (tertiary/aromatic N) is 3. The molecule has 0 aromatic carbocycles. The van der Waals surface area contributed by atoms with Gasteiger partial charge in [-0.3, -0.25) is 9.48 Å². The molecule has 2 aromatic rings. The van der Waals surface area contributed by atoms with Gasteiger partial charge in [-0.25, -0.2) is 9.78 Å². The summed E-state index contributed by atoms with van der Waals surface area (Å²) in [5, 5.41) is 4.51. The van der Waals surface area contributed by atoms with Crippen molar-refractivity contribution in [1.29, 1.82) is 0 Å². The summed E-state index contributed by atoms with van der Waals surface area (Å²) in [5.41, 5.74) is 3.86. The maximum absolute atomic E-state index is 11.6. The molecule has 0 saturated heterocycles. The number of methoxy groups -OCH3 is 2. The van der Waals surface area contributed by atoms with Gasteiger partial charge in [-0.05, 0) is 38.0 Å². The second-order valence-corrected chi connectivity index (χ2v) is 5.39. The van der Waals surface area contributed by atoms with Crippen LogP contribution in [-0.2, 0) is 27.2 Å². The van der Waals surface area contributed by atoms with Crippen molar-refractivity contribution in [3.63, 3.8) is 0 Å². The molecule has 0 fully saturated rings. The molecule has 0 amide bonds. The molecule has 0 aliphatic heterocycles. The van der Waals surface area contributed by atoms with E-state index in [1.54, 1.807) is 12.1 Å². The number of esters is 2. The third-order valence-electron chi connectivity index (χ3n) is 3.85. The van der Waals surface area contributed by atoms with Gasteiger partial charge in [0.15, 0.2) is 0 Å². The number of aryl methyl sites for hydroxylation is 1. The van der Waals surface area contributed by atoms with Crippen LogP contribution in [0.2, 0.25) is 0 Å². The molecular weight excluding hydrogens is 310 g/mol. The largest absolute Gasteiger partial charge is 0.469 e. The normalized spacial score (nSPS) is 10.5. The summed E-state index contributed by atoms with van der Waals surface area (Å²) in [5.74, 6) is -0.710. The van der Waals surface area contributed by atoms with E-state index >= 15 is 0 Å². The molecule has 0 radical (unpaired) electrons. The Hall–Kier alpha value is -2.70. The minimum absolute atomic E-state index is 0.242. The van der Waals surface area contributed by atoms with Crippen LogP contribution in [0.4, 0.5) is 0 Å². The molecular formula is C17H21N3O4. The molecule has 2 rings (SSSR count). The van der Waals surface area contributed by atoms with Crippen LogP contribution in [0.15, 0.2) is 18.2 Å². The standard InChI is InChI=1S/C17H21N3O4/c1-11-14(8-9-16(21)23-3)12(2)20(19-11)10-13-6-5-7-15(18-13)17(22)24-4/h5-7H,8-10H2,1-4H3. The summed E-state index contributed by atoms with van der Waals surface area (Å²) in [4.78, 5) is 27.2. The van der Waals surface area contributed by atoms with E-state index in [2.05, 4.69) is 19.6 Å². The predicted molar refractivity (Wildman–Crippen MR) is 86.7 cm³/mol. The zero-order chi connectivity index (χ0) is 17.7. The maximum Gasteiger partial charge on any atom is 0.356 e. The molecule has 2 heterocycles. The molecule has 0 bridgehead atoms. The van der Waals surface area contributed by atoms with Gasteiger partial charge in [-0.15, -0.1) is 0 Å². The third-order valence-corrected chi connectivity index (χ3v) is 3.85. The average molecular weight is 331 g/mol. The van der Waals surface area contributed by atoms with Crippen LogP contribution in [0.3, 0.4) is 0 Å². The Balaban J connectivity index is 2.19. The van der Waals surface area contributed by atoms with Crippen molar-refractivity contribution in [2.45, 2.75) is 33.2 Å². The minimum atomic E-state index is -0.469. The van der Waals surface area contributed by atoms with Crippen molar-refractivity contribution in [3.05, 3.63) is 46.5 Å². The van der Waals surface area contributed by atoms with Gasteiger partial charge in [0.1, 0.15) is 5.69 Å². The molecule has 0 atom stereocenters. The molecule has 0 aliphatic rings. The topological polar surface area (TPSA) is 83.3 Å². The second-order valence-electron chi connectivity index (χ2n) is 5.39. The molecule has 0 spiro atoms. The summed E-state index contributed by atoms with van der Waals surface area (Å²) < 4.78 is 11.2. The summed E-state index contributed by atoms with van der Waals surface area (Å²) in [7, 11) is 2.71. The van der Waals surface area contributed by atoms with E-state index < -0.39 is 5.97 Å². The zero-order valence-corrected chi connectivity index (χ0v) is 14.3. The van der Waals surface area contributed by atoms with Crippen molar-refractivity contribution < 1.29 is 19.1 Å². The quantitative estimate of drug-likeness (QED) is 0.751. The van der Waals surface area contributed by atoms with Gasteiger partial charge in [0, 0.05) is 12.1 Å². The maximum atomic E-state index is 11.6. The lowest BCUT2D eigenvalue weighted by molar-refractivity contribution is -0.140. The van der Waals surface area contributed by atoms with Gasteiger partial charge in [0.2, 0.25) is 0 Å². The molecule has 7 heteroatoms. The first-order valence-corrected chi connectivity index (χ1v) is 7.60. The fraction of sp³-hybridized carbons (Fsp3) is 0.412. The van der Waals surface area contributed by atoms with Crippen molar-refractivity contribution >= 4 is 11.9 Å². The number of aromatic nitrogens is 3. The smallest absolute Gasteiger partial charge is 0.356 e. The third kappa shape index (κ3) is 3.98. The Morgan fingerprint density at radius 3 is 2.58 bits per heavy atom. The van der Waals surface area contributed by atoms with Crippen molar-refractivity contribution in [2.24, 2.45) is 0 Å². The van der Waals surface area contributed by atoms with Gasteiger partial charge >= 0.3 is 11.9 Å². The Bertz CT molecular complexity index is 752. The predicted octanol–water partition coefficient (Wildman–Crippen LogP) is 1.84. The molecule has 24 heavy (non-hydrogen) atoms. The lowest BCUT2D eigenvalue weighted by atomic mass is 10.1. The van der Waals surface area contributed by atoms with E-state index in [9.17, 15) is 9.59 Å². The number of carbonyl (C=O) groups is 2. The van der Waals surface area contributed by atoms with Crippen LogP contribution in [0, 0.1) is 13.8 Å². The van der Waals surface area contributed by atoms with Crippen LogP contribution in [0.25, 0.3) is 0 Å². The first-order valence-electron chi connectivity index (χ1n) is 7.60. The van der Waals surface area contributed by atoms with E-state index in [1.807, 2.05) is 24.6 Å². The number of hydrogen-bond acceptors (Lipinski definition) is 6. The lowest BCUT2D eigenvalue weighted by Gasteiger charge is -2.06. The number of ether oxygens (including phenoxy) is 2. The monoisotopic (exact) mass is 331 g/mol. The van der Waals surface area contributed by atoms with Crippen molar-refractivity contribution in [1.82, 2.24) is 14.8 Å². The number of carbonyl (C=O) groups excluding carboxylic acids is 2. The van der Waals surface area contributed by atoms with E-state index in [0.29, 0.717) is 25.1 Å². The van der Waals surface area contributed by atoms with E-state index in [4.69, 9.17) is 0 Å². The van der Waals surface area contributed by atoms with E-state index in [1.165, 1.54) is 14.2 Å². The van der Waals surface area contributed by atoms with Crippen LogP contribution in [0.1, 0.15) is 39.6 Å². The molecule has 0 unspecified atom stereocenters. The summed E-state index contributed by atoms with van der Waals surface area (Å²) in [6.45, 7) is 4.31. The molecule has 7 nitrogen and oxygen atoms in total. The Kier molecular flexibility index (Phi) is 5.68.